The zero-order valence-corrected chi connectivity index (χ0v) is 17.5. The van der Waals surface area contributed by atoms with Crippen LogP contribution in [0.3, 0.4) is 0 Å². The number of hydrogen-bond donors (Lipinski definition) is 3. The fourth-order valence-electron chi connectivity index (χ4n) is 4.18. The van der Waals surface area contributed by atoms with Crippen molar-refractivity contribution in [2.24, 2.45) is 0 Å². The number of ether oxygens (including phenoxy) is 1. The number of carbonyl (C=O) groups excluding carboxylic acids is 1. The lowest BCUT2D eigenvalue weighted by atomic mass is 9.93. The lowest BCUT2D eigenvalue weighted by Crippen LogP contribution is -2.40. The number of amides is 1. The first kappa shape index (κ1) is 22.8. The van der Waals surface area contributed by atoms with Gasteiger partial charge in [0.15, 0.2) is 11.5 Å². The van der Waals surface area contributed by atoms with Crippen LogP contribution in [0.5, 0.6) is 0 Å². The third-order valence-electron chi connectivity index (χ3n) is 5.96. The van der Waals surface area contributed by atoms with E-state index in [0.717, 1.165) is 31.4 Å². The van der Waals surface area contributed by atoms with Crippen LogP contribution in [-0.4, -0.2) is 47.6 Å². The van der Waals surface area contributed by atoms with E-state index in [0.29, 0.717) is 37.2 Å². The fourth-order valence-corrected chi connectivity index (χ4v) is 4.18. The van der Waals surface area contributed by atoms with Crippen LogP contribution in [0, 0.1) is 0 Å². The lowest BCUT2D eigenvalue weighted by molar-refractivity contribution is -0.137. The van der Waals surface area contributed by atoms with Gasteiger partial charge in [-0.1, -0.05) is 17.3 Å². The number of carbonyl (C=O) groups is 1. The summed E-state index contributed by atoms with van der Waals surface area (Å²) in [4.78, 5) is 13.0. The number of alkyl halides is 3. The van der Waals surface area contributed by atoms with Crippen molar-refractivity contribution >= 4 is 5.91 Å². The molecule has 3 atom stereocenters. The number of hydrogen-bond acceptors (Lipinski definition) is 6. The minimum Gasteiger partial charge on any atom is -0.393 e. The Morgan fingerprint density at radius 1 is 1.16 bits per heavy atom. The van der Waals surface area contributed by atoms with Gasteiger partial charge >= 0.3 is 6.18 Å². The summed E-state index contributed by atoms with van der Waals surface area (Å²) in [7, 11) is 0. The van der Waals surface area contributed by atoms with Crippen molar-refractivity contribution in [2.45, 2.75) is 63.0 Å². The minimum absolute atomic E-state index is 0.0892. The van der Waals surface area contributed by atoms with E-state index in [9.17, 15) is 23.1 Å². The quantitative estimate of drug-likeness (QED) is 0.621. The van der Waals surface area contributed by atoms with Crippen LogP contribution in [0.4, 0.5) is 13.2 Å². The Hall–Kier alpha value is -2.43. The minimum atomic E-state index is -4.44. The zero-order chi connectivity index (χ0) is 22.7. The summed E-state index contributed by atoms with van der Waals surface area (Å²) in [6.45, 7) is 1.44. The molecule has 32 heavy (non-hydrogen) atoms. The Balaban J connectivity index is 1.58. The Morgan fingerprint density at radius 2 is 1.94 bits per heavy atom. The van der Waals surface area contributed by atoms with Crippen molar-refractivity contribution in [1.29, 1.82) is 0 Å². The van der Waals surface area contributed by atoms with Crippen molar-refractivity contribution in [1.82, 2.24) is 15.8 Å². The van der Waals surface area contributed by atoms with Crippen molar-refractivity contribution in [3.8, 4) is 11.3 Å². The van der Waals surface area contributed by atoms with Crippen LogP contribution in [0.1, 0.15) is 53.7 Å². The summed E-state index contributed by atoms with van der Waals surface area (Å²) < 4.78 is 49.6. The van der Waals surface area contributed by atoms with Crippen LogP contribution >= 0.6 is 0 Å². The Labute approximate surface area is 183 Å². The molecule has 174 valence electrons. The molecule has 2 fully saturated rings. The number of aromatic nitrogens is 1. The number of aliphatic hydroxyl groups excluding tert-OH is 1. The van der Waals surface area contributed by atoms with Crippen LogP contribution in [-0.2, 0) is 17.5 Å². The molecule has 2 aromatic rings. The summed E-state index contributed by atoms with van der Waals surface area (Å²) in [6, 6.07) is 4.51. The van der Waals surface area contributed by atoms with E-state index in [4.69, 9.17) is 9.26 Å². The molecular formula is C22H26F3N3O4. The second-order valence-corrected chi connectivity index (χ2v) is 8.35. The zero-order valence-electron chi connectivity index (χ0n) is 17.5. The highest BCUT2D eigenvalue weighted by atomic mass is 19.4. The van der Waals surface area contributed by atoms with Gasteiger partial charge in [-0.15, -0.1) is 0 Å². The highest BCUT2D eigenvalue weighted by molar-refractivity contribution is 5.95. The van der Waals surface area contributed by atoms with Gasteiger partial charge in [-0.3, -0.25) is 4.79 Å². The van der Waals surface area contributed by atoms with Gasteiger partial charge in [0, 0.05) is 36.4 Å². The summed E-state index contributed by atoms with van der Waals surface area (Å²) in [6.07, 6.45) is -1.30. The Bertz CT molecular complexity index is 923. The van der Waals surface area contributed by atoms with Gasteiger partial charge in [-0.25, -0.2) is 0 Å². The highest BCUT2D eigenvalue weighted by Crippen LogP contribution is 2.33. The molecule has 0 spiro atoms. The molecule has 1 aliphatic heterocycles. The van der Waals surface area contributed by atoms with Crippen LogP contribution in [0.2, 0.25) is 0 Å². The molecule has 0 radical (unpaired) electrons. The SMILES string of the molecule is O=C(N[C@@H]1CCC[C@H](O)C1)c1noc(-c2ccc(C(F)(F)F)cc2)c1CNC1CCOC1. The smallest absolute Gasteiger partial charge is 0.393 e. The van der Waals surface area contributed by atoms with Gasteiger partial charge in [-0.2, -0.15) is 13.2 Å². The molecule has 1 saturated heterocycles. The highest BCUT2D eigenvalue weighted by Gasteiger charge is 2.31. The Morgan fingerprint density at radius 3 is 2.59 bits per heavy atom. The number of aliphatic hydroxyl groups is 1. The maximum Gasteiger partial charge on any atom is 0.416 e. The molecule has 1 saturated carbocycles. The standard InChI is InChI=1S/C22H26F3N3O4/c23-22(24,25)14-6-4-13(5-7-14)20-18(11-26-16-8-9-31-12-16)19(28-32-20)21(30)27-15-2-1-3-17(29)10-15/h4-7,15-17,26,29H,1-3,8-12H2,(H,27,30)/t15-,16?,17+/m1/s1. The topological polar surface area (TPSA) is 96.6 Å². The predicted molar refractivity (Wildman–Crippen MR) is 109 cm³/mol. The van der Waals surface area contributed by atoms with Crippen LogP contribution in [0.25, 0.3) is 11.3 Å². The molecule has 3 N–H and O–H groups in total. The van der Waals surface area contributed by atoms with Gasteiger partial charge in [-0.05, 0) is 44.2 Å². The third-order valence-corrected chi connectivity index (χ3v) is 5.96. The maximum absolute atomic E-state index is 13.0. The molecule has 2 aliphatic rings. The fraction of sp³-hybridized carbons (Fsp3) is 0.545. The second-order valence-electron chi connectivity index (χ2n) is 8.35. The summed E-state index contributed by atoms with van der Waals surface area (Å²) in [5.74, 6) is -0.176. The second kappa shape index (κ2) is 9.60. The number of nitrogens with one attached hydrogen (secondary N) is 2. The van der Waals surface area contributed by atoms with Crippen molar-refractivity contribution < 1.29 is 32.3 Å². The van der Waals surface area contributed by atoms with E-state index in [-0.39, 0.29) is 30.1 Å². The van der Waals surface area contributed by atoms with Gasteiger partial charge in [0.1, 0.15) is 0 Å². The van der Waals surface area contributed by atoms with Crippen molar-refractivity contribution in [2.75, 3.05) is 13.2 Å². The average molecular weight is 453 g/mol. The first-order valence-electron chi connectivity index (χ1n) is 10.8. The molecule has 7 nitrogen and oxygen atoms in total. The van der Waals surface area contributed by atoms with Crippen molar-refractivity contribution in [3.05, 3.63) is 41.1 Å². The lowest BCUT2D eigenvalue weighted by Gasteiger charge is -2.26. The summed E-state index contributed by atoms with van der Waals surface area (Å²) in [5, 5.41) is 20.0. The molecule has 1 unspecified atom stereocenters. The molecule has 1 amide bonds. The number of halogens is 3. The molecule has 1 aromatic heterocycles. The first-order chi connectivity index (χ1) is 15.3. The van der Waals surface area contributed by atoms with E-state index in [1.807, 2.05) is 0 Å². The van der Waals surface area contributed by atoms with E-state index < -0.39 is 23.8 Å². The molecular weight excluding hydrogens is 427 g/mol. The largest absolute Gasteiger partial charge is 0.416 e. The maximum atomic E-state index is 13.0. The van der Waals surface area contributed by atoms with Crippen molar-refractivity contribution in [3.63, 3.8) is 0 Å². The van der Waals surface area contributed by atoms with Gasteiger partial charge < -0.3 is 25.0 Å². The van der Waals surface area contributed by atoms with E-state index in [2.05, 4.69) is 15.8 Å². The molecule has 10 heteroatoms. The molecule has 4 rings (SSSR count). The van der Waals surface area contributed by atoms with Crippen LogP contribution in [0.15, 0.2) is 28.8 Å². The van der Waals surface area contributed by atoms with E-state index in [1.165, 1.54) is 12.1 Å². The van der Waals surface area contributed by atoms with Gasteiger partial charge in [0.25, 0.3) is 5.91 Å². The number of benzene rings is 1. The third kappa shape index (κ3) is 5.31. The normalized spacial score (nSPS) is 23.9. The summed E-state index contributed by atoms with van der Waals surface area (Å²) in [5.41, 5.74) is 0.200. The summed E-state index contributed by atoms with van der Waals surface area (Å²) >= 11 is 0. The molecule has 0 bridgehead atoms. The molecule has 2 heterocycles. The number of rotatable bonds is 6. The molecule has 1 aliphatic carbocycles. The number of nitrogens with zero attached hydrogens (tertiary/aromatic N) is 1. The van der Waals surface area contributed by atoms with E-state index in [1.54, 1.807) is 0 Å². The Kier molecular flexibility index (Phi) is 6.82. The monoisotopic (exact) mass is 453 g/mol. The van der Waals surface area contributed by atoms with Crippen LogP contribution < -0.4 is 10.6 Å². The molecule has 1 aromatic carbocycles. The van der Waals surface area contributed by atoms with E-state index >= 15 is 0 Å². The van der Waals surface area contributed by atoms with Gasteiger partial charge in [0.2, 0.25) is 0 Å². The predicted octanol–water partition coefficient (Wildman–Crippen LogP) is 3.27. The van der Waals surface area contributed by atoms with Gasteiger partial charge in [0.05, 0.1) is 18.3 Å². The first-order valence-corrected chi connectivity index (χ1v) is 10.8. The average Bonchev–Trinajstić information content (AvgIpc) is 3.41.